The van der Waals surface area contributed by atoms with Crippen molar-refractivity contribution in [2.24, 2.45) is 11.1 Å². The van der Waals surface area contributed by atoms with Crippen molar-refractivity contribution < 1.29 is 4.79 Å². The molecule has 5 nitrogen and oxygen atoms in total. The minimum atomic E-state index is -0.713. The highest BCUT2D eigenvalue weighted by Crippen LogP contribution is 2.24. The van der Waals surface area contributed by atoms with E-state index in [0.29, 0.717) is 28.6 Å². The molecule has 0 aliphatic rings. The number of imidazole rings is 1. The molecule has 0 radical (unpaired) electrons. The smallest absolute Gasteiger partial charge is 0.224 e. The second kappa shape index (κ2) is 4.98. The number of fused-ring (bicyclic) bond motifs is 1. The number of rotatable bonds is 4. The van der Waals surface area contributed by atoms with E-state index in [2.05, 4.69) is 9.97 Å². The maximum Gasteiger partial charge on any atom is 0.224 e. The number of carbonyl (C=O) groups is 1. The number of alkyl halides is 1. The average molecular weight is 301 g/mol. The quantitative estimate of drug-likeness (QED) is 0.881. The monoisotopic (exact) mass is 300 g/mol. The molecule has 0 aliphatic carbocycles. The van der Waals surface area contributed by atoms with Crippen molar-refractivity contribution in [3.63, 3.8) is 0 Å². The first-order valence-electron chi connectivity index (χ1n) is 5.71. The van der Waals surface area contributed by atoms with Crippen LogP contribution in [0.4, 0.5) is 0 Å². The number of nitrogens with two attached hydrogens (primary N) is 1. The van der Waals surface area contributed by atoms with Crippen LogP contribution in [-0.4, -0.2) is 20.4 Å². The molecule has 2 aromatic rings. The van der Waals surface area contributed by atoms with Gasteiger partial charge in [-0.05, 0) is 19.9 Å². The molecule has 0 spiro atoms. The molecule has 0 fully saturated rings. The van der Waals surface area contributed by atoms with E-state index in [4.69, 9.17) is 28.9 Å². The average Bonchev–Trinajstić information content (AvgIpc) is 2.65. The molecule has 2 rings (SSSR count). The van der Waals surface area contributed by atoms with Crippen LogP contribution in [0.2, 0.25) is 5.02 Å². The zero-order valence-electron chi connectivity index (χ0n) is 10.7. The first-order chi connectivity index (χ1) is 8.85. The molecule has 0 bridgehead atoms. The summed E-state index contributed by atoms with van der Waals surface area (Å²) in [6, 6.07) is 1.72. The molecule has 1 amide bonds. The molecule has 0 atom stereocenters. The predicted molar refractivity (Wildman–Crippen MR) is 75.1 cm³/mol. The van der Waals surface area contributed by atoms with E-state index < -0.39 is 5.41 Å². The van der Waals surface area contributed by atoms with Crippen molar-refractivity contribution in [3.05, 3.63) is 23.1 Å². The fourth-order valence-corrected chi connectivity index (χ4v) is 2.13. The number of hydrogen-bond donors (Lipinski definition) is 1. The van der Waals surface area contributed by atoms with Gasteiger partial charge in [-0.1, -0.05) is 11.6 Å². The largest absolute Gasteiger partial charge is 0.369 e. The summed E-state index contributed by atoms with van der Waals surface area (Å²) in [6.07, 6.45) is 1.54. The SMILES string of the molecule is CC(C)(Cn1c(CCl)nc2cc(Cl)cnc21)C(N)=O. The van der Waals surface area contributed by atoms with E-state index >= 15 is 0 Å². The lowest BCUT2D eigenvalue weighted by atomic mass is 9.92. The molecule has 19 heavy (non-hydrogen) atoms. The molecule has 0 saturated carbocycles. The summed E-state index contributed by atoms with van der Waals surface area (Å²) in [6.45, 7) is 3.92. The molecule has 2 aromatic heterocycles. The fraction of sp³-hybridized carbons (Fsp3) is 0.417. The Kier molecular flexibility index (Phi) is 3.69. The molecular formula is C12H14Cl2N4O. The van der Waals surface area contributed by atoms with Gasteiger partial charge in [-0.15, -0.1) is 11.6 Å². The summed E-state index contributed by atoms with van der Waals surface area (Å²) in [4.78, 5) is 20.1. The first-order valence-corrected chi connectivity index (χ1v) is 6.63. The van der Waals surface area contributed by atoms with Crippen LogP contribution in [0.15, 0.2) is 12.3 Å². The number of hydrogen-bond acceptors (Lipinski definition) is 3. The molecule has 7 heteroatoms. The molecule has 102 valence electrons. The second-order valence-corrected chi connectivity index (χ2v) is 5.70. The Morgan fingerprint density at radius 1 is 1.53 bits per heavy atom. The molecule has 0 aliphatic heterocycles. The van der Waals surface area contributed by atoms with Crippen LogP contribution in [0, 0.1) is 5.41 Å². The topological polar surface area (TPSA) is 73.8 Å². The van der Waals surface area contributed by atoms with Gasteiger partial charge in [0, 0.05) is 12.7 Å². The van der Waals surface area contributed by atoms with Gasteiger partial charge in [0.15, 0.2) is 5.65 Å². The fourth-order valence-electron chi connectivity index (χ4n) is 1.77. The Hall–Kier alpha value is -1.33. The van der Waals surface area contributed by atoms with Crippen LogP contribution < -0.4 is 5.73 Å². The molecular weight excluding hydrogens is 287 g/mol. The van der Waals surface area contributed by atoms with Crippen LogP contribution in [0.25, 0.3) is 11.2 Å². The van der Waals surface area contributed by atoms with E-state index in [9.17, 15) is 4.79 Å². The van der Waals surface area contributed by atoms with Gasteiger partial charge in [0.2, 0.25) is 5.91 Å². The predicted octanol–water partition coefficient (Wildman–Crippen LogP) is 2.33. The number of primary amides is 1. The summed E-state index contributed by atoms with van der Waals surface area (Å²) in [7, 11) is 0. The van der Waals surface area contributed by atoms with Crippen molar-refractivity contribution in [2.45, 2.75) is 26.3 Å². The highest BCUT2D eigenvalue weighted by molar-refractivity contribution is 6.31. The van der Waals surface area contributed by atoms with Crippen LogP contribution in [0.5, 0.6) is 0 Å². The van der Waals surface area contributed by atoms with Crippen molar-refractivity contribution in [3.8, 4) is 0 Å². The lowest BCUT2D eigenvalue weighted by Gasteiger charge is -2.22. The van der Waals surface area contributed by atoms with E-state index in [1.54, 1.807) is 19.9 Å². The van der Waals surface area contributed by atoms with Crippen LogP contribution >= 0.6 is 23.2 Å². The number of aromatic nitrogens is 3. The molecule has 2 heterocycles. The summed E-state index contributed by atoms with van der Waals surface area (Å²) in [5, 5.41) is 0.507. The number of amides is 1. The van der Waals surface area contributed by atoms with E-state index in [0.717, 1.165) is 0 Å². The number of pyridine rings is 1. The summed E-state index contributed by atoms with van der Waals surface area (Å²) < 4.78 is 1.81. The summed E-state index contributed by atoms with van der Waals surface area (Å²) in [5.41, 5.74) is 5.99. The van der Waals surface area contributed by atoms with Gasteiger partial charge in [0.25, 0.3) is 0 Å². The van der Waals surface area contributed by atoms with E-state index in [-0.39, 0.29) is 11.8 Å². The Morgan fingerprint density at radius 3 is 2.79 bits per heavy atom. The lowest BCUT2D eigenvalue weighted by molar-refractivity contribution is -0.126. The van der Waals surface area contributed by atoms with Crippen molar-refractivity contribution in [2.75, 3.05) is 0 Å². The van der Waals surface area contributed by atoms with Gasteiger partial charge in [0.05, 0.1) is 16.3 Å². The summed E-state index contributed by atoms with van der Waals surface area (Å²) in [5.74, 6) is 0.479. The van der Waals surface area contributed by atoms with Gasteiger partial charge in [-0.3, -0.25) is 4.79 Å². The second-order valence-electron chi connectivity index (χ2n) is 4.99. The normalized spacial score (nSPS) is 12.0. The minimum Gasteiger partial charge on any atom is -0.369 e. The molecule has 0 unspecified atom stereocenters. The van der Waals surface area contributed by atoms with Gasteiger partial charge in [-0.25, -0.2) is 9.97 Å². The summed E-state index contributed by atoms with van der Waals surface area (Å²) >= 11 is 11.8. The van der Waals surface area contributed by atoms with Crippen LogP contribution in [0.1, 0.15) is 19.7 Å². The highest BCUT2D eigenvalue weighted by Gasteiger charge is 2.27. The van der Waals surface area contributed by atoms with Crippen LogP contribution in [-0.2, 0) is 17.2 Å². The van der Waals surface area contributed by atoms with Gasteiger partial charge in [0.1, 0.15) is 11.3 Å². The molecule has 0 saturated heterocycles. The van der Waals surface area contributed by atoms with E-state index in [1.165, 1.54) is 6.20 Å². The third kappa shape index (κ3) is 2.67. The van der Waals surface area contributed by atoms with Gasteiger partial charge >= 0.3 is 0 Å². The molecule has 2 N–H and O–H groups in total. The number of carbonyl (C=O) groups excluding carboxylic acids is 1. The van der Waals surface area contributed by atoms with E-state index in [1.807, 2.05) is 4.57 Å². The van der Waals surface area contributed by atoms with Crippen LogP contribution in [0.3, 0.4) is 0 Å². The number of halogens is 2. The first kappa shape index (κ1) is 14.1. The molecule has 0 aromatic carbocycles. The van der Waals surface area contributed by atoms with Crippen molar-refractivity contribution >= 4 is 40.3 Å². The van der Waals surface area contributed by atoms with Crippen molar-refractivity contribution in [1.29, 1.82) is 0 Å². The Morgan fingerprint density at radius 2 is 2.21 bits per heavy atom. The van der Waals surface area contributed by atoms with Gasteiger partial charge < -0.3 is 10.3 Å². The third-order valence-electron chi connectivity index (χ3n) is 2.97. The Bertz CT molecular complexity index is 636. The Labute approximate surface area is 120 Å². The van der Waals surface area contributed by atoms with Crippen molar-refractivity contribution in [1.82, 2.24) is 14.5 Å². The lowest BCUT2D eigenvalue weighted by Crippen LogP contribution is -2.35. The number of nitrogens with zero attached hydrogens (tertiary/aromatic N) is 3. The zero-order chi connectivity index (χ0) is 14.2. The third-order valence-corrected chi connectivity index (χ3v) is 3.42. The Balaban J connectivity index is 2.55. The maximum atomic E-state index is 11.5. The standard InChI is InChI=1S/C12H14Cl2N4O/c1-12(2,11(15)19)6-18-9(4-13)17-8-3-7(14)5-16-10(8)18/h3,5H,4,6H2,1-2H3,(H2,15,19). The zero-order valence-corrected chi connectivity index (χ0v) is 12.2. The highest BCUT2D eigenvalue weighted by atomic mass is 35.5. The van der Waals surface area contributed by atoms with Gasteiger partial charge in [-0.2, -0.15) is 0 Å². The minimum absolute atomic E-state index is 0.225. The maximum absolute atomic E-state index is 11.5.